The Morgan fingerprint density at radius 2 is 1.97 bits per heavy atom. The Hall–Kier alpha value is -3.32. The van der Waals surface area contributed by atoms with Gasteiger partial charge in [-0.3, -0.25) is 14.9 Å². The Morgan fingerprint density at radius 3 is 2.70 bits per heavy atom. The van der Waals surface area contributed by atoms with Gasteiger partial charge in [0.25, 0.3) is 11.2 Å². The van der Waals surface area contributed by atoms with Crippen molar-refractivity contribution in [2.45, 2.75) is 26.9 Å². The van der Waals surface area contributed by atoms with Crippen molar-refractivity contribution in [2.24, 2.45) is 5.10 Å². The maximum Gasteiger partial charge on any atom is 0.282 e. The molecule has 0 N–H and O–H groups in total. The lowest BCUT2D eigenvalue weighted by atomic mass is 10.2. The molecule has 0 aliphatic carbocycles. The van der Waals surface area contributed by atoms with Crippen molar-refractivity contribution in [2.75, 3.05) is 6.61 Å². The van der Waals surface area contributed by atoms with E-state index in [1.54, 1.807) is 36.5 Å². The normalized spacial score (nSPS) is 11.2. The number of ether oxygens (including phenoxy) is 2. The van der Waals surface area contributed by atoms with Gasteiger partial charge in [0, 0.05) is 23.0 Å². The van der Waals surface area contributed by atoms with Crippen LogP contribution in [0.5, 0.6) is 11.5 Å². The van der Waals surface area contributed by atoms with Crippen molar-refractivity contribution in [3.8, 4) is 11.5 Å². The van der Waals surface area contributed by atoms with Gasteiger partial charge in [-0.25, -0.2) is 4.98 Å². The highest BCUT2D eigenvalue weighted by Gasteiger charge is 2.14. The summed E-state index contributed by atoms with van der Waals surface area (Å²) in [6.07, 6.45) is 2.12. The molecule has 3 aromatic carbocycles. The number of halogens is 2. The second-order valence-corrected chi connectivity index (χ2v) is 9.96. The summed E-state index contributed by atoms with van der Waals surface area (Å²) in [6.45, 7) is 4.33. The maximum absolute atomic E-state index is 13.2. The zero-order valence-electron chi connectivity index (χ0n) is 20.0. The molecule has 0 aliphatic rings. The highest BCUT2D eigenvalue weighted by molar-refractivity contribution is 14.1. The van der Waals surface area contributed by atoms with E-state index in [0.29, 0.717) is 52.4 Å². The van der Waals surface area contributed by atoms with E-state index in [-0.39, 0.29) is 17.9 Å². The van der Waals surface area contributed by atoms with Crippen molar-refractivity contribution in [3.05, 3.63) is 100 Å². The van der Waals surface area contributed by atoms with Crippen LogP contribution in [0, 0.1) is 13.7 Å². The minimum absolute atomic E-state index is 0.00428. The number of hydrogen-bond acceptors (Lipinski definition) is 7. The van der Waals surface area contributed by atoms with Crippen LogP contribution in [0.15, 0.2) is 69.0 Å². The van der Waals surface area contributed by atoms with E-state index in [9.17, 15) is 14.9 Å². The summed E-state index contributed by atoms with van der Waals surface area (Å²) in [5.74, 6) is 1.58. The molecule has 1 heterocycles. The molecule has 0 atom stereocenters. The Balaban J connectivity index is 1.66. The van der Waals surface area contributed by atoms with E-state index >= 15 is 0 Å². The summed E-state index contributed by atoms with van der Waals surface area (Å²) in [5, 5.41) is 16.0. The van der Waals surface area contributed by atoms with E-state index in [4.69, 9.17) is 9.47 Å². The molecule has 37 heavy (non-hydrogen) atoms. The molecule has 0 fully saturated rings. The molecule has 1 aromatic heterocycles. The lowest BCUT2D eigenvalue weighted by molar-refractivity contribution is -0.384. The third-order valence-electron chi connectivity index (χ3n) is 5.35. The van der Waals surface area contributed by atoms with Gasteiger partial charge >= 0.3 is 0 Å². The first-order chi connectivity index (χ1) is 17.8. The van der Waals surface area contributed by atoms with Gasteiger partial charge in [0.05, 0.1) is 32.2 Å². The van der Waals surface area contributed by atoms with E-state index < -0.39 is 4.92 Å². The van der Waals surface area contributed by atoms with Gasteiger partial charge in [-0.15, -0.1) is 0 Å². The van der Waals surface area contributed by atoms with Gasteiger partial charge in [0.2, 0.25) is 0 Å². The first kappa shape index (κ1) is 26.7. The molecule has 0 saturated carbocycles. The molecule has 0 bridgehead atoms. The molecular formula is C26H22BrIN4O5. The van der Waals surface area contributed by atoms with Crippen molar-refractivity contribution in [1.82, 2.24) is 9.66 Å². The number of nitrogens with zero attached hydrogens (tertiary/aromatic N) is 4. The highest BCUT2D eigenvalue weighted by Crippen LogP contribution is 2.34. The summed E-state index contributed by atoms with van der Waals surface area (Å²) in [6, 6.07) is 15.3. The van der Waals surface area contributed by atoms with Gasteiger partial charge in [-0.2, -0.15) is 9.78 Å². The van der Waals surface area contributed by atoms with Crippen LogP contribution in [0.4, 0.5) is 5.69 Å². The topological polar surface area (TPSA) is 109 Å². The van der Waals surface area contributed by atoms with Gasteiger partial charge in [0.1, 0.15) is 12.4 Å². The van der Waals surface area contributed by atoms with Crippen LogP contribution in [0.3, 0.4) is 0 Å². The van der Waals surface area contributed by atoms with E-state index in [0.717, 1.165) is 8.04 Å². The third kappa shape index (κ3) is 6.16. The van der Waals surface area contributed by atoms with E-state index in [2.05, 4.69) is 48.6 Å². The van der Waals surface area contributed by atoms with E-state index in [1.807, 2.05) is 26.0 Å². The number of non-ortho nitro benzene ring substituents is 1. The Kier molecular flexibility index (Phi) is 8.54. The Bertz CT molecular complexity index is 1570. The monoisotopic (exact) mass is 676 g/mol. The Morgan fingerprint density at radius 1 is 1.16 bits per heavy atom. The Labute approximate surface area is 234 Å². The van der Waals surface area contributed by atoms with Crippen LogP contribution in [-0.4, -0.2) is 27.4 Å². The van der Waals surface area contributed by atoms with Crippen molar-refractivity contribution < 1.29 is 14.4 Å². The van der Waals surface area contributed by atoms with E-state index in [1.165, 1.54) is 16.8 Å². The first-order valence-corrected chi connectivity index (χ1v) is 13.3. The number of hydrogen-bond donors (Lipinski definition) is 0. The summed E-state index contributed by atoms with van der Waals surface area (Å²) < 4.78 is 14.7. The molecule has 0 radical (unpaired) electrons. The lowest BCUT2D eigenvalue weighted by Gasteiger charge is -2.15. The third-order valence-corrected chi connectivity index (χ3v) is 6.64. The smallest absolute Gasteiger partial charge is 0.282 e. The molecular weight excluding hydrogens is 655 g/mol. The maximum atomic E-state index is 13.2. The number of benzene rings is 3. The second kappa shape index (κ2) is 11.8. The van der Waals surface area contributed by atoms with Crippen LogP contribution < -0.4 is 15.0 Å². The fourth-order valence-corrected chi connectivity index (χ4v) is 4.79. The van der Waals surface area contributed by atoms with Gasteiger partial charge < -0.3 is 9.47 Å². The largest absolute Gasteiger partial charge is 0.490 e. The molecule has 9 nitrogen and oxygen atoms in total. The predicted octanol–water partition coefficient (Wildman–Crippen LogP) is 6.09. The SMILES string of the molecule is CCOc1cc(C=Nn2c(CC)nc3ccc(Br)cc3c2=O)cc(I)c1OCc1cccc([N+](=O)[O-])c1. The van der Waals surface area contributed by atoms with Crippen molar-refractivity contribution >= 4 is 61.3 Å². The number of fused-ring (bicyclic) bond motifs is 1. The van der Waals surface area contributed by atoms with Crippen molar-refractivity contribution in [3.63, 3.8) is 0 Å². The highest BCUT2D eigenvalue weighted by atomic mass is 127. The molecule has 4 aromatic rings. The van der Waals surface area contributed by atoms with Gasteiger partial charge in [-0.05, 0) is 71.0 Å². The van der Waals surface area contributed by atoms with Gasteiger partial charge in [-0.1, -0.05) is 35.0 Å². The van der Waals surface area contributed by atoms with Crippen LogP contribution in [0.1, 0.15) is 30.8 Å². The fourth-order valence-electron chi connectivity index (χ4n) is 3.65. The molecule has 0 unspecified atom stereocenters. The molecule has 0 amide bonds. The average molecular weight is 677 g/mol. The number of nitro benzene ring substituents is 1. The van der Waals surface area contributed by atoms with Crippen LogP contribution in [-0.2, 0) is 13.0 Å². The minimum Gasteiger partial charge on any atom is -0.490 e. The quantitative estimate of drug-likeness (QED) is 0.0919. The molecule has 0 saturated heterocycles. The first-order valence-electron chi connectivity index (χ1n) is 11.4. The molecule has 11 heteroatoms. The molecule has 0 aliphatic heterocycles. The zero-order valence-corrected chi connectivity index (χ0v) is 23.7. The minimum atomic E-state index is -0.438. The number of aryl methyl sites for hydroxylation is 1. The van der Waals surface area contributed by atoms with Crippen molar-refractivity contribution in [1.29, 1.82) is 0 Å². The average Bonchev–Trinajstić information content (AvgIpc) is 2.88. The molecule has 0 spiro atoms. The summed E-state index contributed by atoms with van der Waals surface area (Å²) in [5.41, 5.74) is 1.74. The molecule has 4 rings (SSSR count). The number of nitro groups is 1. The lowest BCUT2D eigenvalue weighted by Crippen LogP contribution is -2.22. The van der Waals surface area contributed by atoms with Crippen LogP contribution >= 0.6 is 38.5 Å². The fraction of sp³-hybridized carbons (Fsp3) is 0.192. The van der Waals surface area contributed by atoms with Gasteiger partial charge in [0.15, 0.2) is 11.5 Å². The number of rotatable bonds is 9. The van der Waals surface area contributed by atoms with Crippen LogP contribution in [0.2, 0.25) is 0 Å². The molecule has 190 valence electrons. The zero-order chi connectivity index (χ0) is 26.5. The summed E-state index contributed by atoms with van der Waals surface area (Å²) in [7, 11) is 0. The second-order valence-electron chi connectivity index (χ2n) is 7.88. The summed E-state index contributed by atoms with van der Waals surface area (Å²) >= 11 is 5.55. The number of aromatic nitrogens is 2. The predicted molar refractivity (Wildman–Crippen MR) is 154 cm³/mol. The van der Waals surface area contributed by atoms with Crippen LogP contribution in [0.25, 0.3) is 10.9 Å². The standard InChI is InChI=1S/C26H22BrIN4O5/c1-3-24-30-22-9-8-18(27)13-20(22)26(33)31(24)29-14-17-11-21(28)25(23(12-17)36-4-2)37-15-16-6-5-7-19(10-16)32(34)35/h5-14H,3-4,15H2,1-2H3. The summed E-state index contributed by atoms with van der Waals surface area (Å²) in [4.78, 5) is 28.4.